The highest BCUT2D eigenvalue weighted by Gasteiger charge is 2.23. The lowest BCUT2D eigenvalue weighted by atomic mass is 9.94. The molecular weight excluding hydrogens is 276 g/mol. The second kappa shape index (κ2) is 6.30. The number of fused-ring (bicyclic) bond motifs is 1. The SMILES string of the molecule is CCN(c1ncnc2c(C(N)=O)cccc12)C1CCCCC1. The van der Waals surface area contributed by atoms with E-state index < -0.39 is 5.91 Å². The van der Waals surface area contributed by atoms with Crippen molar-refractivity contribution in [1.82, 2.24) is 9.97 Å². The average molecular weight is 298 g/mol. The van der Waals surface area contributed by atoms with Crippen LogP contribution in [0.15, 0.2) is 24.5 Å². The van der Waals surface area contributed by atoms with Gasteiger partial charge in [0.25, 0.3) is 5.91 Å². The highest BCUT2D eigenvalue weighted by molar-refractivity contribution is 6.07. The lowest BCUT2D eigenvalue weighted by Crippen LogP contribution is -2.37. The lowest BCUT2D eigenvalue weighted by Gasteiger charge is -2.35. The second-order valence-electron chi connectivity index (χ2n) is 5.84. The molecule has 1 aromatic heterocycles. The summed E-state index contributed by atoms with van der Waals surface area (Å²) in [4.78, 5) is 22.8. The fourth-order valence-corrected chi connectivity index (χ4v) is 3.48. The molecule has 116 valence electrons. The second-order valence-corrected chi connectivity index (χ2v) is 5.84. The Bertz CT molecular complexity index is 679. The topological polar surface area (TPSA) is 72.1 Å². The Morgan fingerprint density at radius 3 is 2.73 bits per heavy atom. The maximum Gasteiger partial charge on any atom is 0.250 e. The van der Waals surface area contributed by atoms with Crippen molar-refractivity contribution >= 4 is 22.6 Å². The third-order valence-electron chi connectivity index (χ3n) is 4.54. The fraction of sp³-hybridized carbons (Fsp3) is 0.471. The summed E-state index contributed by atoms with van der Waals surface area (Å²) in [6.07, 6.45) is 7.82. The average Bonchev–Trinajstić information content (AvgIpc) is 2.56. The highest BCUT2D eigenvalue weighted by atomic mass is 16.1. The van der Waals surface area contributed by atoms with Crippen LogP contribution in [-0.4, -0.2) is 28.5 Å². The van der Waals surface area contributed by atoms with Gasteiger partial charge in [0, 0.05) is 18.0 Å². The number of benzene rings is 1. The monoisotopic (exact) mass is 298 g/mol. The van der Waals surface area contributed by atoms with Gasteiger partial charge in [-0.05, 0) is 31.9 Å². The number of hydrogen-bond acceptors (Lipinski definition) is 4. The fourth-order valence-electron chi connectivity index (χ4n) is 3.48. The minimum atomic E-state index is -0.448. The van der Waals surface area contributed by atoms with Crippen LogP contribution < -0.4 is 10.6 Å². The number of aromatic nitrogens is 2. The van der Waals surface area contributed by atoms with Crippen molar-refractivity contribution in [1.29, 1.82) is 0 Å². The van der Waals surface area contributed by atoms with Gasteiger partial charge < -0.3 is 10.6 Å². The van der Waals surface area contributed by atoms with Crippen molar-refractivity contribution in [2.45, 2.75) is 45.1 Å². The minimum absolute atomic E-state index is 0.448. The van der Waals surface area contributed by atoms with E-state index in [1.165, 1.54) is 38.4 Å². The zero-order chi connectivity index (χ0) is 15.5. The molecule has 5 heteroatoms. The van der Waals surface area contributed by atoms with Gasteiger partial charge in [-0.15, -0.1) is 0 Å². The molecule has 0 aliphatic heterocycles. The molecule has 5 nitrogen and oxygen atoms in total. The Kier molecular flexibility index (Phi) is 4.22. The third-order valence-corrected chi connectivity index (χ3v) is 4.54. The predicted octanol–water partition coefficient (Wildman–Crippen LogP) is 2.89. The van der Waals surface area contributed by atoms with E-state index in [1.807, 2.05) is 12.1 Å². The van der Waals surface area contributed by atoms with E-state index in [1.54, 1.807) is 6.07 Å². The van der Waals surface area contributed by atoms with Gasteiger partial charge in [0.15, 0.2) is 0 Å². The van der Waals surface area contributed by atoms with E-state index in [-0.39, 0.29) is 0 Å². The maximum atomic E-state index is 11.6. The van der Waals surface area contributed by atoms with Gasteiger partial charge in [-0.2, -0.15) is 0 Å². The van der Waals surface area contributed by atoms with Crippen molar-refractivity contribution < 1.29 is 4.79 Å². The number of rotatable bonds is 4. The first-order chi connectivity index (χ1) is 10.7. The first kappa shape index (κ1) is 14.8. The van der Waals surface area contributed by atoms with E-state index in [4.69, 9.17) is 5.73 Å². The van der Waals surface area contributed by atoms with Gasteiger partial charge in [-0.3, -0.25) is 4.79 Å². The molecule has 3 rings (SSSR count). The van der Waals surface area contributed by atoms with E-state index in [9.17, 15) is 4.79 Å². The molecule has 0 bridgehead atoms. The standard InChI is InChI=1S/C17H22N4O/c1-2-21(12-7-4-3-5-8-12)17-14-10-6-9-13(16(18)22)15(14)19-11-20-17/h6,9-12H,2-5,7-8H2,1H3,(H2,18,22). The van der Waals surface area contributed by atoms with Crippen LogP contribution in [0.2, 0.25) is 0 Å². The number of nitrogens with two attached hydrogens (primary N) is 1. The molecule has 1 aliphatic carbocycles. The van der Waals surface area contributed by atoms with Crippen molar-refractivity contribution in [3.05, 3.63) is 30.1 Å². The van der Waals surface area contributed by atoms with E-state index in [0.29, 0.717) is 17.1 Å². The molecular formula is C17H22N4O. The lowest BCUT2D eigenvalue weighted by molar-refractivity contribution is 0.100. The summed E-state index contributed by atoms with van der Waals surface area (Å²) in [7, 11) is 0. The molecule has 2 N–H and O–H groups in total. The highest BCUT2D eigenvalue weighted by Crippen LogP contribution is 2.30. The van der Waals surface area contributed by atoms with Crippen LogP contribution in [0.4, 0.5) is 5.82 Å². The molecule has 2 aromatic rings. The van der Waals surface area contributed by atoms with Crippen molar-refractivity contribution in [3.8, 4) is 0 Å². The Morgan fingerprint density at radius 2 is 2.05 bits per heavy atom. The molecule has 1 aliphatic rings. The smallest absolute Gasteiger partial charge is 0.250 e. The number of carbonyl (C=O) groups is 1. The quantitative estimate of drug-likeness (QED) is 0.942. The minimum Gasteiger partial charge on any atom is -0.366 e. The van der Waals surface area contributed by atoms with Gasteiger partial charge in [0.05, 0.1) is 11.1 Å². The molecule has 0 radical (unpaired) electrons. The number of nitrogens with zero attached hydrogens (tertiary/aromatic N) is 3. The number of para-hydroxylation sites is 1. The van der Waals surface area contributed by atoms with Crippen LogP contribution >= 0.6 is 0 Å². The third kappa shape index (κ3) is 2.63. The van der Waals surface area contributed by atoms with Crippen LogP contribution in [-0.2, 0) is 0 Å². The molecule has 0 atom stereocenters. The molecule has 1 amide bonds. The van der Waals surface area contributed by atoms with Crippen molar-refractivity contribution in [2.24, 2.45) is 5.73 Å². The molecule has 0 spiro atoms. The molecule has 1 fully saturated rings. The van der Waals surface area contributed by atoms with E-state index >= 15 is 0 Å². The van der Waals surface area contributed by atoms with Gasteiger partial charge in [0.1, 0.15) is 12.1 Å². The number of carbonyl (C=O) groups excluding carboxylic acids is 1. The summed E-state index contributed by atoms with van der Waals surface area (Å²) < 4.78 is 0. The predicted molar refractivity (Wildman–Crippen MR) is 87.9 cm³/mol. The van der Waals surface area contributed by atoms with E-state index in [0.717, 1.165) is 17.7 Å². The number of hydrogen-bond donors (Lipinski definition) is 1. The number of amides is 1. The summed E-state index contributed by atoms with van der Waals surface area (Å²) in [5, 5.41) is 0.909. The Morgan fingerprint density at radius 1 is 1.27 bits per heavy atom. The molecule has 1 saturated carbocycles. The molecule has 22 heavy (non-hydrogen) atoms. The van der Waals surface area contributed by atoms with Gasteiger partial charge in [-0.1, -0.05) is 25.3 Å². The van der Waals surface area contributed by atoms with Crippen LogP contribution in [0.1, 0.15) is 49.4 Å². The van der Waals surface area contributed by atoms with Crippen LogP contribution in [0, 0.1) is 0 Å². The summed E-state index contributed by atoms with van der Waals surface area (Å²) in [5.41, 5.74) is 6.57. The zero-order valence-corrected chi connectivity index (χ0v) is 13.0. The molecule has 1 aromatic carbocycles. The normalized spacial score (nSPS) is 15.9. The summed E-state index contributed by atoms with van der Waals surface area (Å²) >= 11 is 0. The molecule has 1 heterocycles. The summed E-state index contributed by atoms with van der Waals surface area (Å²) in [5.74, 6) is 0.471. The van der Waals surface area contributed by atoms with Crippen LogP contribution in [0.25, 0.3) is 10.9 Å². The molecule has 0 saturated heterocycles. The zero-order valence-electron chi connectivity index (χ0n) is 13.0. The first-order valence-corrected chi connectivity index (χ1v) is 8.02. The van der Waals surface area contributed by atoms with E-state index in [2.05, 4.69) is 21.8 Å². The number of primary amides is 1. The number of anilines is 1. The van der Waals surface area contributed by atoms with Gasteiger partial charge in [-0.25, -0.2) is 9.97 Å². The first-order valence-electron chi connectivity index (χ1n) is 8.02. The maximum absolute atomic E-state index is 11.6. The van der Waals surface area contributed by atoms with Crippen LogP contribution in [0.3, 0.4) is 0 Å². The summed E-state index contributed by atoms with van der Waals surface area (Å²) in [6, 6.07) is 6.07. The summed E-state index contributed by atoms with van der Waals surface area (Å²) in [6.45, 7) is 3.05. The van der Waals surface area contributed by atoms with Crippen molar-refractivity contribution in [3.63, 3.8) is 0 Å². The van der Waals surface area contributed by atoms with Gasteiger partial charge in [0.2, 0.25) is 0 Å². The Balaban J connectivity index is 2.09. The van der Waals surface area contributed by atoms with Crippen LogP contribution in [0.5, 0.6) is 0 Å². The molecule has 0 unspecified atom stereocenters. The van der Waals surface area contributed by atoms with Crippen molar-refractivity contribution in [2.75, 3.05) is 11.4 Å². The Hall–Kier alpha value is -2.17. The van der Waals surface area contributed by atoms with Gasteiger partial charge >= 0.3 is 0 Å². The largest absolute Gasteiger partial charge is 0.366 e. The Labute approximate surface area is 130 Å².